The Bertz CT molecular complexity index is 412. The van der Waals surface area contributed by atoms with E-state index in [2.05, 4.69) is 20.1 Å². The van der Waals surface area contributed by atoms with Crippen molar-refractivity contribution in [3.05, 3.63) is 0 Å². The van der Waals surface area contributed by atoms with Gasteiger partial charge in [-0.05, 0) is 0 Å². The minimum absolute atomic E-state index is 0.0145. The number of carboxylic acids is 2. The molecular formula is C12H18N2O8-2. The summed E-state index contributed by atoms with van der Waals surface area (Å²) in [5.41, 5.74) is 0. The van der Waals surface area contributed by atoms with Crippen LogP contribution in [0.3, 0.4) is 0 Å². The van der Waals surface area contributed by atoms with E-state index in [0.29, 0.717) is 0 Å². The molecule has 0 aromatic heterocycles. The second-order valence-corrected chi connectivity index (χ2v) is 4.21. The normalized spacial score (nSPS) is 13.0. The Hall–Kier alpha value is -2.20. The van der Waals surface area contributed by atoms with Gasteiger partial charge in [-0.1, -0.05) is 0 Å². The van der Waals surface area contributed by atoms with E-state index in [1.165, 1.54) is 7.11 Å². The van der Waals surface area contributed by atoms with Crippen molar-refractivity contribution in [1.82, 2.24) is 10.6 Å². The summed E-state index contributed by atoms with van der Waals surface area (Å²) in [6.07, 6.45) is -1.00. The molecule has 22 heavy (non-hydrogen) atoms. The van der Waals surface area contributed by atoms with Gasteiger partial charge in [0.05, 0.1) is 32.7 Å². The first-order valence-corrected chi connectivity index (χ1v) is 6.33. The maximum absolute atomic E-state index is 11.4. The standard InChI is InChI=1S/C12H20N2O8/c1-21-10(17)6-8(12(20)22-2)14-4-3-13-7(11(18)19)5-9(15)16/h7-8,13-14H,3-6H2,1-2H3,(H,15,16)(H,18,19)/p-2. The first-order valence-electron chi connectivity index (χ1n) is 6.33. The van der Waals surface area contributed by atoms with Crippen LogP contribution in [0.1, 0.15) is 12.8 Å². The lowest BCUT2D eigenvalue weighted by Crippen LogP contribution is -2.51. The number of esters is 2. The van der Waals surface area contributed by atoms with Gasteiger partial charge >= 0.3 is 11.9 Å². The van der Waals surface area contributed by atoms with Crippen LogP contribution < -0.4 is 20.8 Å². The van der Waals surface area contributed by atoms with E-state index in [0.717, 1.165) is 7.11 Å². The number of carbonyl (C=O) groups is 4. The van der Waals surface area contributed by atoms with E-state index in [9.17, 15) is 29.4 Å². The van der Waals surface area contributed by atoms with Crippen molar-refractivity contribution in [2.75, 3.05) is 27.3 Å². The van der Waals surface area contributed by atoms with Crippen LogP contribution in [0, 0.1) is 0 Å². The quantitative estimate of drug-likeness (QED) is 0.281. The van der Waals surface area contributed by atoms with Gasteiger partial charge < -0.3 is 39.9 Å². The van der Waals surface area contributed by atoms with Gasteiger partial charge in [0.1, 0.15) is 6.04 Å². The minimum atomic E-state index is -1.58. The summed E-state index contributed by atoms with van der Waals surface area (Å²) in [6.45, 7) is 0.0915. The molecule has 0 saturated carbocycles. The lowest BCUT2D eigenvalue weighted by molar-refractivity contribution is -0.317. The molecule has 10 heteroatoms. The number of hydrogen-bond donors (Lipinski definition) is 2. The molecule has 126 valence electrons. The SMILES string of the molecule is COC(=O)CC(NCCNC(CC(=O)[O-])C(=O)[O-])C(=O)OC. The topological polar surface area (TPSA) is 157 Å². The van der Waals surface area contributed by atoms with Crippen LogP contribution in [0.2, 0.25) is 0 Å². The van der Waals surface area contributed by atoms with E-state index in [-0.39, 0.29) is 19.5 Å². The highest BCUT2D eigenvalue weighted by Gasteiger charge is 2.22. The lowest BCUT2D eigenvalue weighted by atomic mass is 10.2. The van der Waals surface area contributed by atoms with Gasteiger partial charge in [-0.15, -0.1) is 0 Å². The molecule has 0 aliphatic carbocycles. The zero-order valence-electron chi connectivity index (χ0n) is 12.2. The lowest BCUT2D eigenvalue weighted by Gasteiger charge is -2.21. The predicted octanol–water partition coefficient (Wildman–Crippen LogP) is -4.47. The van der Waals surface area contributed by atoms with Gasteiger partial charge in [0.25, 0.3) is 0 Å². The van der Waals surface area contributed by atoms with Crippen LogP contribution in [-0.2, 0) is 28.7 Å². The molecule has 0 aliphatic rings. The van der Waals surface area contributed by atoms with Gasteiger partial charge in [0, 0.05) is 25.5 Å². The number of ether oxygens (including phenoxy) is 2. The van der Waals surface area contributed by atoms with E-state index in [1.54, 1.807) is 0 Å². The molecule has 0 fully saturated rings. The second-order valence-electron chi connectivity index (χ2n) is 4.21. The Labute approximate surface area is 126 Å². The molecule has 2 atom stereocenters. The highest BCUT2D eigenvalue weighted by atomic mass is 16.5. The third-order valence-electron chi connectivity index (χ3n) is 2.65. The molecule has 2 N–H and O–H groups in total. The van der Waals surface area contributed by atoms with E-state index in [1.807, 2.05) is 0 Å². The first kappa shape index (κ1) is 19.8. The Morgan fingerprint density at radius 2 is 1.45 bits per heavy atom. The van der Waals surface area contributed by atoms with Crippen molar-refractivity contribution in [3.63, 3.8) is 0 Å². The number of aliphatic carboxylic acids is 2. The summed E-state index contributed by atoms with van der Waals surface area (Å²) in [5.74, 6) is -4.42. The Morgan fingerprint density at radius 1 is 0.909 bits per heavy atom. The molecule has 0 heterocycles. The maximum Gasteiger partial charge on any atom is 0.323 e. The average molecular weight is 318 g/mol. The number of nitrogens with one attached hydrogen (secondary N) is 2. The third kappa shape index (κ3) is 8.17. The molecule has 0 bridgehead atoms. The van der Waals surface area contributed by atoms with Crippen LogP contribution in [0.15, 0.2) is 0 Å². The molecule has 0 aromatic rings. The zero-order chi connectivity index (χ0) is 17.1. The van der Waals surface area contributed by atoms with Crippen LogP contribution in [0.25, 0.3) is 0 Å². The molecule has 0 saturated heterocycles. The summed E-state index contributed by atoms with van der Waals surface area (Å²) in [7, 11) is 2.32. The van der Waals surface area contributed by atoms with Crippen LogP contribution >= 0.6 is 0 Å². The van der Waals surface area contributed by atoms with E-state index >= 15 is 0 Å². The highest BCUT2D eigenvalue weighted by molar-refractivity contribution is 5.82. The largest absolute Gasteiger partial charge is 0.550 e. The summed E-state index contributed by atoms with van der Waals surface area (Å²) >= 11 is 0. The van der Waals surface area contributed by atoms with Crippen LogP contribution in [0.5, 0.6) is 0 Å². The fourth-order valence-electron chi connectivity index (χ4n) is 1.53. The van der Waals surface area contributed by atoms with Crippen molar-refractivity contribution in [3.8, 4) is 0 Å². The van der Waals surface area contributed by atoms with E-state index in [4.69, 9.17) is 0 Å². The second kappa shape index (κ2) is 10.5. The van der Waals surface area contributed by atoms with Crippen molar-refractivity contribution >= 4 is 23.9 Å². The number of methoxy groups -OCH3 is 2. The summed E-state index contributed by atoms with van der Waals surface area (Å²) in [4.78, 5) is 43.6. The molecular weight excluding hydrogens is 300 g/mol. The van der Waals surface area contributed by atoms with Crippen LogP contribution in [0.4, 0.5) is 0 Å². The number of carbonyl (C=O) groups excluding carboxylic acids is 4. The van der Waals surface area contributed by atoms with Gasteiger partial charge in [-0.25, -0.2) is 0 Å². The number of carboxylic acid groups (broad SMARTS) is 2. The van der Waals surface area contributed by atoms with Crippen molar-refractivity contribution in [2.24, 2.45) is 0 Å². The smallest absolute Gasteiger partial charge is 0.323 e. The van der Waals surface area contributed by atoms with Gasteiger partial charge in [0.15, 0.2) is 0 Å². The molecule has 2 unspecified atom stereocenters. The molecule has 0 aliphatic heterocycles. The minimum Gasteiger partial charge on any atom is -0.550 e. The number of hydrogen-bond acceptors (Lipinski definition) is 10. The van der Waals surface area contributed by atoms with Gasteiger partial charge in [-0.3, -0.25) is 9.59 Å². The van der Waals surface area contributed by atoms with Crippen molar-refractivity contribution < 1.29 is 38.9 Å². The fourth-order valence-corrected chi connectivity index (χ4v) is 1.53. The Kier molecular flexibility index (Phi) is 9.46. The van der Waals surface area contributed by atoms with Crippen molar-refractivity contribution in [2.45, 2.75) is 24.9 Å². The summed E-state index contributed by atoms with van der Waals surface area (Å²) in [5, 5.41) is 26.1. The van der Waals surface area contributed by atoms with Gasteiger partial charge in [0.2, 0.25) is 0 Å². The van der Waals surface area contributed by atoms with Crippen molar-refractivity contribution in [1.29, 1.82) is 0 Å². The fraction of sp³-hybridized carbons (Fsp3) is 0.667. The molecule has 0 rings (SSSR count). The maximum atomic E-state index is 11.4. The molecule has 0 spiro atoms. The first-order chi connectivity index (χ1) is 10.3. The molecule has 0 aromatic carbocycles. The Morgan fingerprint density at radius 3 is 1.86 bits per heavy atom. The van der Waals surface area contributed by atoms with Crippen LogP contribution in [-0.4, -0.2) is 63.3 Å². The number of rotatable bonds is 11. The van der Waals surface area contributed by atoms with E-state index < -0.39 is 42.4 Å². The molecule has 0 radical (unpaired) electrons. The third-order valence-corrected chi connectivity index (χ3v) is 2.65. The van der Waals surface area contributed by atoms with Gasteiger partial charge in [-0.2, -0.15) is 0 Å². The molecule has 0 amide bonds. The zero-order valence-corrected chi connectivity index (χ0v) is 12.2. The average Bonchev–Trinajstić information content (AvgIpc) is 2.47. The highest BCUT2D eigenvalue weighted by Crippen LogP contribution is 1.97. The monoisotopic (exact) mass is 318 g/mol. The summed E-state index contributed by atoms with van der Waals surface area (Å²) in [6, 6.07) is -2.37. The molecule has 10 nitrogen and oxygen atoms in total. The summed E-state index contributed by atoms with van der Waals surface area (Å²) < 4.78 is 8.94. The Balaban J connectivity index is 4.31. The predicted molar refractivity (Wildman–Crippen MR) is 66.9 cm³/mol.